The molecule has 1 heterocycles. The zero-order chi connectivity index (χ0) is 20.9. The molecule has 5 heteroatoms. The second kappa shape index (κ2) is 8.66. The quantitative estimate of drug-likeness (QED) is 0.451. The molecule has 0 bridgehead atoms. The van der Waals surface area contributed by atoms with Crippen LogP contribution in [0.25, 0.3) is 10.9 Å². The number of benzene rings is 3. The van der Waals surface area contributed by atoms with Crippen LogP contribution in [0.15, 0.2) is 78.9 Å². The van der Waals surface area contributed by atoms with Crippen LogP contribution in [0.2, 0.25) is 0 Å². The van der Waals surface area contributed by atoms with Crippen molar-refractivity contribution in [3.63, 3.8) is 0 Å². The zero-order valence-corrected chi connectivity index (χ0v) is 16.5. The molecule has 3 aromatic carbocycles. The van der Waals surface area contributed by atoms with Crippen molar-refractivity contribution in [1.29, 1.82) is 0 Å². The van der Waals surface area contributed by atoms with E-state index < -0.39 is 5.97 Å². The molecule has 0 saturated carbocycles. The number of aromatic carboxylic acids is 1. The van der Waals surface area contributed by atoms with Gasteiger partial charge in [-0.2, -0.15) is 0 Å². The first-order valence-electron chi connectivity index (χ1n) is 9.62. The fourth-order valence-corrected chi connectivity index (χ4v) is 3.23. The van der Waals surface area contributed by atoms with Gasteiger partial charge in [-0.3, -0.25) is 0 Å². The number of rotatable bonds is 7. The topological polar surface area (TPSA) is 68.7 Å². The lowest BCUT2D eigenvalue weighted by Gasteiger charge is -2.12. The summed E-state index contributed by atoms with van der Waals surface area (Å²) in [7, 11) is 0. The van der Waals surface area contributed by atoms with Crippen molar-refractivity contribution >= 4 is 16.9 Å². The first-order chi connectivity index (χ1) is 14.6. The smallest absolute Gasteiger partial charge is 0.335 e. The molecule has 4 aromatic rings. The van der Waals surface area contributed by atoms with Gasteiger partial charge in [0.25, 0.3) is 0 Å². The van der Waals surface area contributed by atoms with Crippen LogP contribution >= 0.6 is 0 Å². The molecule has 1 aromatic heterocycles. The number of carboxylic acid groups (broad SMARTS) is 1. The van der Waals surface area contributed by atoms with Gasteiger partial charge in [-0.1, -0.05) is 42.5 Å². The molecular formula is C25H21NO4. The molecule has 4 rings (SSSR count). The van der Waals surface area contributed by atoms with Crippen LogP contribution in [0, 0.1) is 6.92 Å². The van der Waals surface area contributed by atoms with E-state index >= 15 is 0 Å². The Morgan fingerprint density at radius 2 is 1.60 bits per heavy atom. The van der Waals surface area contributed by atoms with Crippen LogP contribution in [0.1, 0.15) is 27.2 Å². The molecule has 150 valence electrons. The normalized spacial score (nSPS) is 10.7. The van der Waals surface area contributed by atoms with Crippen molar-refractivity contribution in [2.75, 3.05) is 0 Å². The lowest BCUT2D eigenvalue weighted by atomic mass is 10.0. The Morgan fingerprint density at radius 3 is 2.40 bits per heavy atom. The number of para-hydroxylation sites is 1. The van der Waals surface area contributed by atoms with E-state index in [-0.39, 0.29) is 12.2 Å². The summed E-state index contributed by atoms with van der Waals surface area (Å²) in [5, 5.41) is 10.4. The van der Waals surface area contributed by atoms with Crippen molar-refractivity contribution in [2.24, 2.45) is 0 Å². The highest BCUT2D eigenvalue weighted by Gasteiger charge is 2.10. The predicted octanol–water partition coefficient (Wildman–Crippen LogP) is 5.40. The lowest BCUT2D eigenvalue weighted by molar-refractivity contribution is 0.0696. The van der Waals surface area contributed by atoms with E-state index in [0.717, 1.165) is 22.2 Å². The van der Waals surface area contributed by atoms with Gasteiger partial charge in [-0.15, -0.1) is 0 Å². The minimum absolute atomic E-state index is 0.280. The summed E-state index contributed by atoms with van der Waals surface area (Å²) in [6.07, 6.45) is 0. The highest BCUT2D eigenvalue weighted by atomic mass is 16.5. The Hall–Kier alpha value is -3.86. The lowest BCUT2D eigenvalue weighted by Crippen LogP contribution is -2.05. The fourth-order valence-electron chi connectivity index (χ4n) is 3.23. The molecule has 0 aliphatic heterocycles. The molecule has 30 heavy (non-hydrogen) atoms. The number of hydrogen-bond donors (Lipinski definition) is 1. The number of ether oxygens (including phenoxy) is 2. The highest BCUT2D eigenvalue weighted by Crippen LogP contribution is 2.23. The fraction of sp³-hybridized carbons (Fsp3) is 0.120. The van der Waals surface area contributed by atoms with E-state index in [2.05, 4.69) is 4.98 Å². The maximum atomic E-state index is 11.3. The first kappa shape index (κ1) is 19.5. The Balaban J connectivity index is 1.41. The number of nitrogens with zero attached hydrogens (tertiary/aromatic N) is 1. The van der Waals surface area contributed by atoms with Crippen molar-refractivity contribution in [3.8, 4) is 11.5 Å². The molecule has 0 aliphatic rings. The molecule has 1 N–H and O–H groups in total. The van der Waals surface area contributed by atoms with E-state index in [1.54, 1.807) is 19.1 Å². The number of carbonyl (C=O) groups is 1. The Labute approximate surface area is 174 Å². The van der Waals surface area contributed by atoms with Gasteiger partial charge in [-0.05, 0) is 48.4 Å². The largest absolute Gasteiger partial charge is 0.489 e. The van der Waals surface area contributed by atoms with E-state index in [4.69, 9.17) is 9.47 Å². The minimum Gasteiger partial charge on any atom is -0.489 e. The van der Waals surface area contributed by atoms with Crippen molar-refractivity contribution in [1.82, 2.24) is 4.98 Å². The van der Waals surface area contributed by atoms with Gasteiger partial charge >= 0.3 is 5.97 Å². The number of pyridine rings is 1. The third kappa shape index (κ3) is 4.41. The molecule has 0 atom stereocenters. The van der Waals surface area contributed by atoms with Crippen LogP contribution in [-0.4, -0.2) is 16.1 Å². The standard InChI is InChI=1S/C25H21NO4/c1-17-19(7-4-10-23(17)25(27)28)15-29-21-8-5-9-22(14-21)30-16-20-13-12-18-6-2-3-11-24(18)26-20/h2-14H,15-16H2,1H3,(H,27,28). The van der Waals surface area contributed by atoms with Gasteiger partial charge < -0.3 is 14.6 Å². The third-order valence-corrected chi connectivity index (χ3v) is 4.92. The molecular weight excluding hydrogens is 378 g/mol. The minimum atomic E-state index is -0.938. The second-order valence-corrected chi connectivity index (χ2v) is 6.94. The van der Waals surface area contributed by atoms with Crippen LogP contribution in [0.4, 0.5) is 0 Å². The summed E-state index contributed by atoms with van der Waals surface area (Å²) >= 11 is 0. The Kier molecular flexibility index (Phi) is 5.61. The molecule has 0 saturated heterocycles. The summed E-state index contributed by atoms with van der Waals surface area (Å²) < 4.78 is 11.8. The second-order valence-electron chi connectivity index (χ2n) is 6.94. The third-order valence-electron chi connectivity index (χ3n) is 4.92. The molecule has 0 amide bonds. The van der Waals surface area contributed by atoms with Gasteiger partial charge in [0.1, 0.15) is 24.7 Å². The van der Waals surface area contributed by atoms with Gasteiger partial charge in [-0.25, -0.2) is 9.78 Å². The summed E-state index contributed by atoms with van der Waals surface area (Å²) in [5.41, 5.74) is 3.62. The predicted molar refractivity (Wildman–Crippen MR) is 115 cm³/mol. The molecule has 0 spiro atoms. The number of fused-ring (bicyclic) bond motifs is 1. The zero-order valence-electron chi connectivity index (χ0n) is 16.5. The Bertz CT molecular complexity index is 1200. The first-order valence-corrected chi connectivity index (χ1v) is 9.62. The van der Waals surface area contributed by atoms with Crippen LogP contribution in [0.3, 0.4) is 0 Å². The summed E-state index contributed by atoms with van der Waals surface area (Å²) in [5.74, 6) is 0.393. The Morgan fingerprint density at radius 1 is 0.867 bits per heavy atom. The van der Waals surface area contributed by atoms with Gasteiger partial charge in [0.05, 0.1) is 16.8 Å². The SMILES string of the molecule is Cc1c(COc2cccc(OCc3ccc4ccccc4n3)c2)cccc1C(=O)O. The molecule has 0 radical (unpaired) electrons. The summed E-state index contributed by atoms with van der Waals surface area (Å²) in [4.78, 5) is 15.9. The van der Waals surface area contributed by atoms with Gasteiger partial charge in [0.15, 0.2) is 0 Å². The number of hydrogen-bond acceptors (Lipinski definition) is 4. The maximum Gasteiger partial charge on any atom is 0.335 e. The van der Waals surface area contributed by atoms with Crippen LogP contribution in [0.5, 0.6) is 11.5 Å². The monoisotopic (exact) mass is 399 g/mol. The van der Waals surface area contributed by atoms with Crippen molar-refractivity contribution in [3.05, 3.63) is 101 Å². The molecule has 0 aliphatic carbocycles. The van der Waals surface area contributed by atoms with Crippen molar-refractivity contribution in [2.45, 2.75) is 20.1 Å². The number of aromatic nitrogens is 1. The number of carboxylic acids is 1. The average molecular weight is 399 g/mol. The molecule has 0 unspecified atom stereocenters. The van der Waals surface area contributed by atoms with Gasteiger partial charge in [0.2, 0.25) is 0 Å². The summed E-state index contributed by atoms with van der Waals surface area (Å²) in [6.45, 7) is 2.43. The highest BCUT2D eigenvalue weighted by molar-refractivity contribution is 5.89. The molecule has 5 nitrogen and oxygen atoms in total. The molecule has 0 fully saturated rings. The van der Waals surface area contributed by atoms with E-state index in [0.29, 0.717) is 23.7 Å². The average Bonchev–Trinajstić information content (AvgIpc) is 2.77. The van der Waals surface area contributed by atoms with Crippen LogP contribution in [-0.2, 0) is 13.2 Å². The van der Waals surface area contributed by atoms with E-state index in [1.807, 2.05) is 66.7 Å². The van der Waals surface area contributed by atoms with E-state index in [1.165, 1.54) is 0 Å². The summed E-state index contributed by atoms with van der Waals surface area (Å²) in [6, 6.07) is 24.5. The van der Waals surface area contributed by atoms with E-state index in [9.17, 15) is 9.90 Å². The van der Waals surface area contributed by atoms with Crippen LogP contribution < -0.4 is 9.47 Å². The van der Waals surface area contributed by atoms with Crippen molar-refractivity contribution < 1.29 is 19.4 Å². The maximum absolute atomic E-state index is 11.3. The van der Waals surface area contributed by atoms with Gasteiger partial charge in [0, 0.05) is 11.5 Å².